The second-order valence-electron chi connectivity index (χ2n) is 20.1. The number of nitrogens with zero attached hydrogens (tertiary/aromatic N) is 3. The van der Waals surface area contributed by atoms with Crippen LogP contribution in [0.3, 0.4) is 0 Å². The van der Waals surface area contributed by atoms with E-state index in [-0.39, 0.29) is 89.7 Å². The standard InChI is InChI=1S/C35H59N9O6.C8H8O3S.C7H10N2.C4H10.C2H6.CH2O2.CH2O/c1-10-22(2)30(48)41-19-24-14-25(16-26(15-24)43-28(46)17-34(4,5)35(6,7)21-38-8)31(49)42-20-29(47)44(9)27(12-11-13-39-33(36)37)32(50)40-18-23(3)45;1-2-7-5-3-4-6-8(7)12(9,10)11;1-6-3-4-7(8-2)9-5-6;1-4(2)3;1-2;2-1-3;1-2/h14-16,22,27,38H,10-13,17-21H2,1-9H3,(H,40,50)(H,41,48)(H,42,49)(H,43,46)(H4,36,37,39);2-6H,1H2,(H,9,10,11);3-5H,1-2H3,(H,8,9);4H,1-3H3;1-2H3;1H,(H,2,3);1H2/t22?,27-;;;;;;/m0....../s1. The highest BCUT2D eigenvalue weighted by atomic mass is 32.2. The Labute approximate surface area is 487 Å². The number of aliphatic imine (C=N–C) groups is 1. The summed E-state index contributed by atoms with van der Waals surface area (Å²) in [6.07, 6.45) is 4.67. The van der Waals surface area contributed by atoms with Crippen LogP contribution in [0.15, 0.2) is 77.3 Å². The molecule has 0 radical (unpaired) electrons. The van der Waals surface area contributed by atoms with Gasteiger partial charge in [0.2, 0.25) is 23.6 Å². The van der Waals surface area contributed by atoms with Crippen molar-refractivity contribution in [2.45, 2.75) is 133 Å². The van der Waals surface area contributed by atoms with Gasteiger partial charge in [0, 0.05) is 63.5 Å². The number of hydrogen-bond donors (Lipinski definition) is 10. The van der Waals surface area contributed by atoms with Gasteiger partial charge in [0.15, 0.2) is 5.96 Å². The van der Waals surface area contributed by atoms with Crippen LogP contribution >= 0.6 is 0 Å². The van der Waals surface area contributed by atoms with E-state index in [4.69, 9.17) is 30.7 Å². The highest BCUT2D eigenvalue weighted by Gasteiger charge is 2.38. The van der Waals surface area contributed by atoms with Gasteiger partial charge in [0.05, 0.1) is 13.1 Å². The van der Waals surface area contributed by atoms with Gasteiger partial charge in [-0.05, 0) is 104 Å². The second-order valence-corrected chi connectivity index (χ2v) is 21.5. The molecule has 1 unspecified atom stereocenters. The molecule has 0 saturated heterocycles. The summed E-state index contributed by atoms with van der Waals surface area (Å²) < 4.78 is 30.2. The van der Waals surface area contributed by atoms with E-state index in [2.05, 4.69) is 83.1 Å². The zero-order chi connectivity index (χ0) is 64.4. The van der Waals surface area contributed by atoms with Crippen LogP contribution in [-0.4, -0.2) is 136 Å². The van der Waals surface area contributed by atoms with E-state index in [1.807, 2.05) is 87.7 Å². The maximum Gasteiger partial charge on any atom is 0.295 e. The number of Topliss-reactive ketones (excluding diaryl/α,β-unsaturated/α-hetero) is 1. The van der Waals surface area contributed by atoms with Gasteiger partial charge in [0.25, 0.3) is 22.5 Å². The highest BCUT2D eigenvalue weighted by molar-refractivity contribution is 7.86. The van der Waals surface area contributed by atoms with Crippen molar-refractivity contribution < 1.29 is 56.4 Å². The van der Waals surface area contributed by atoms with E-state index in [9.17, 15) is 37.2 Å². The average Bonchev–Trinajstić information content (AvgIpc) is 3.41. The summed E-state index contributed by atoms with van der Waals surface area (Å²) in [5.41, 5.74) is 12.9. The summed E-state index contributed by atoms with van der Waals surface area (Å²) in [5.74, 6) is -0.871. The zero-order valence-electron chi connectivity index (χ0n) is 51.3. The molecule has 2 aromatic carbocycles. The first-order valence-corrected chi connectivity index (χ1v) is 28.1. The monoisotopic (exact) mass is 1170 g/mol. The number of nitrogens with two attached hydrogens (primary N) is 2. The largest absolute Gasteiger partial charge is 0.483 e. The van der Waals surface area contributed by atoms with E-state index < -0.39 is 40.4 Å². The van der Waals surface area contributed by atoms with E-state index in [0.29, 0.717) is 36.2 Å². The second kappa shape index (κ2) is 44.1. The molecule has 0 aliphatic carbocycles. The van der Waals surface area contributed by atoms with Crippen LogP contribution in [0.4, 0.5) is 11.5 Å². The number of anilines is 2. The number of carbonyl (C=O) groups is 8. The Balaban J connectivity index is -0.000000759. The summed E-state index contributed by atoms with van der Waals surface area (Å²) >= 11 is 0. The van der Waals surface area contributed by atoms with Gasteiger partial charge < -0.3 is 58.2 Å². The molecule has 24 heteroatoms. The molecule has 2 atom stereocenters. The van der Waals surface area contributed by atoms with Gasteiger partial charge >= 0.3 is 0 Å². The minimum atomic E-state index is -4.12. The highest BCUT2D eigenvalue weighted by Crippen LogP contribution is 2.41. The fourth-order valence-corrected chi connectivity index (χ4v) is 7.15. The number of nitrogens with one attached hydrogen (secondary N) is 6. The van der Waals surface area contributed by atoms with Crippen molar-refractivity contribution in [3.63, 3.8) is 0 Å². The van der Waals surface area contributed by atoms with Crippen molar-refractivity contribution in [3.8, 4) is 0 Å². The molecular weight excluding hydrogens is 1070 g/mol. The number of ketones is 1. The summed E-state index contributed by atoms with van der Waals surface area (Å²) in [6, 6.07) is 13.9. The number of amides is 5. The maximum atomic E-state index is 13.4. The summed E-state index contributed by atoms with van der Waals surface area (Å²) in [6.45, 7) is 31.4. The first kappa shape index (κ1) is 80.9. The summed E-state index contributed by atoms with van der Waals surface area (Å²) in [5, 5.41) is 23.9. The first-order chi connectivity index (χ1) is 38.3. The number of hydrogen-bond acceptors (Lipinski definition) is 14. The Morgan fingerprint density at radius 3 is 1.91 bits per heavy atom. The number of pyridine rings is 1. The van der Waals surface area contributed by atoms with Crippen molar-refractivity contribution in [2.24, 2.45) is 39.1 Å². The Morgan fingerprint density at radius 1 is 0.878 bits per heavy atom. The molecule has 0 bridgehead atoms. The third kappa shape index (κ3) is 35.9. The van der Waals surface area contributed by atoms with E-state index in [0.717, 1.165) is 11.7 Å². The van der Waals surface area contributed by atoms with Gasteiger partial charge in [-0.15, -0.1) is 0 Å². The number of benzene rings is 2. The Hall–Kier alpha value is -7.57. The molecule has 12 N–H and O–H groups in total. The van der Waals surface area contributed by atoms with Crippen molar-refractivity contribution in [3.05, 3.63) is 89.6 Å². The SMILES string of the molecule is C=Cc1ccccc1S(=O)(=O)O.C=O.CC.CC(C)C.CCC(C)C(=O)NCc1cc(NC(=O)CC(C)(C)C(C)(C)CNC)cc(C(=O)NCC(=O)N(C)[C@@H](CCCN=C(N)N)C(=O)NCC(C)=O)c1.CNc1ccc(C)cn1.O=CO. The number of likely N-dealkylation sites (N-methyl/N-ethyl adjacent to an activating group) is 1. The molecule has 1 aromatic heterocycles. The van der Waals surface area contributed by atoms with Crippen LogP contribution < -0.4 is 43.4 Å². The smallest absolute Gasteiger partial charge is 0.295 e. The number of guanidine groups is 1. The number of aryl methyl sites for hydroxylation is 1. The van der Waals surface area contributed by atoms with Gasteiger partial charge in [0.1, 0.15) is 29.3 Å². The predicted molar refractivity (Wildman–Crippen MR) is 328 cm³/mol. The fraction of sp³-hybridized carbons (Fsp3) is 0.517. The lowest BCUT2D eigenvalue weighted by atomic mass is 9.66. The van der Waals surface area contributed by atoms with E-state index >= 15 is 0 Å². The summed E-state index contributed by atoms with van der Waals surface area (Å²) in [7, 11) is 1.04. The topological polar surface area (TPSA) is 364 Å². The lowest BCUT2D eigenvalue weighted by Crippen LogP contribution is -2.51. The molecule has 3 aromatic rings. The Bertz CT molecular complexity index is 2530. The van der Waals surface area contributed by atoms with Crippen molar-refractivity contribution >= 4 is 82.2 Å². The maximum absolute atomic E-state index is 13.4. The number of aromatic nitrogens is 1. The van der Waals surface area contributed by atoms with Crippen molar-refractivity contribution in [2.75, 3.05) is 58.0 Å². The quantitative estimate of drug-likeness (QED) is 0.0151. The molecule has 1 heterocycles. The van der Waals surface area contributed by atoms with Gasteiger partial charge in [-0.2, -0.15) is 8.42 Å². The molecule has 82 heavy (non-hydrogen) atoms. The molecule has 462 valence electrons. The number of carboxylic acid groups (broad SMARTS) is 1. The normalized spacial score (nSPS) is 11.0. The molecule has 0 aliphatic rings. The predicted octanol–water partition coefficient (Wildman–Crippen LogP) is 6.48. The molecule has 0 saturated carbocycles. The van der Waals surface area contributed by atoms with Crippen LogP contribution in [0.1, 0.15) is 136 Å². The Kier molecular flexibility index (Phi) is 43.5. The van der Waals surface area contributed by atoms with E-state index in [1.54, 1.807) is 24.3 Å². The minimum absolute atomic E-state index is 0.100. The van der Waals surface area contributed by atoms with Crippen LogP contribution in [-0.2, 0) is 50.2 Å². The lowest BCUT2D eigenvalue weighted by Gasteiger charge is -2.41. The first-order valence-electron chi connectivity index (χ1n) is 26.7. The molecule has 3 rings (SSSR count). The molecule has 5 amide bonds. The zero-order valence-corrected chi connectivity index (χ0v) is 52.1. The summed E-state index contributed by atoms with van der Waals surface area (Å²) in [4.78, 5) is 102. The Morgan fingerprint density at radius 2 is 1.45 bits per heavy atom. The number of rotatable bonds is 24. The van der Waals surface area contributed by atoms with Crippen molar-refractivity contribution in [1.82, 2.24) is 31.2 Å². The van der Waals surface area contributed by atoms with Gasteiger partial charge in [-0.1, -0.05) is 113 Å². The van der Waals surface area contributed by atoms with Crippen molar-refractivity contribution in [1.29, 1.82) is 0 Å². The third-order valence-corrected chi connectivity index (χ3v) is 12.6. The van der Waals surface area contributed by atoms with Crippen LogP contribution in [0, 0.1) is 29.6 Å². The molecule has 0 fully saturated rings. The average molecular weight is 1170 g/mol. The molecular formula is C58H97N11O12S. The minimum Gasteiger partial charge on any atom is -0.483 e. The fourth-order valence-electron chi connectivity index (χ4n) is 6.45. The van der Waals surface area contributed by atoms with Gasteiger partial charge in [-0.3, -0.25) is 43.1 Å². The van der Waals surface area contributed by atoms with Crippen LogP contribution in [0.2, 0.25) is 0 Å². The molecule has 0 spiro atoms. The van der Waals surface area contributed by atoms with Crippen LogP contribution in [0.25, 0.3) is 6.08 Å². The lowest BCUT2D eigenvalue weighted by molar-refractivity contribution is -0.138. The third-order valence-electron chi connectivity index (χ3n) is 11.7. The molecule has 23 nitrogen and oxygen atoms in total. The number of carbonyl (C=O) groups excluding carboxylic acids is 7. The van der Waals surface area contributed by atoms with E-state index in [1.165, 1.54) is 48.7 Å². The molecule has 0 aliphatic heterocycles. The van der Waals surface area contributed by atoms with Crippen LogP contribution in [0.5, 0.6) is 0 Å². The van der Waals surface area contributed by atoms with Gasteiger partial charge in [-0.25, -0.2) is 4.98 Å².